The molecule has 0 aliphatic carbocycles. The highest BCUT2D eigenvalue weighted by atomic mass is 16.6. The summed E-state index contributed by atoms with van der Waals surface area (Å²) in [6.45, 7) is 5.59. The Hall–Kier alpha value is -0.240. The molecule has 0 aliphatic rings. The molecule has 18 heavy (non-hydrogen) atoms. The molecule has 0 aromatic rings. The van der Waals surface area contributed by atoms with Gasteiger partial charge >= 0.3 is 0 Å². The van der Waals surface area contributed by atoms with Crippen LogP contribution in [0.25, 0.3) is 0 Å². The van der Waals surface area contributed by atoms with Crippen molar-refractivity contribution in [3.63, 3.8) is 0 Å². The Morgan fingerprint density at radius 2 is 1.11 bits per heavy atom. The fourth-order valence-electron chi connectivity index (χ4n) is 1.15. The monoisotopic (exact) mass is 266 g/mol. The van der Waals surface area contributed by atoms with Gasteiger partial charge in [-0.1, -0.05) is 0 Å². The van der Waals surface area contributed by atoms with Crippen molar-refractivity contribution in [3.05, 3.63) is 0 Å². The lowest BCUT2D eigenvalue weighted by Gasteiger charge is -2.24. The van der Waals surface area contributed by atoms with E-state index in [9.17, 15) is 0 Å². The van der Waals surface area contributed by atoms with Crippen molar-refractivity contribution in [2.75, 3.05) is 33.0 Å². The van der Waals surface area contributed by atoms with Gasteiger partial charge in [0.1, 0.15) is 6.10 Å². The van der Waals surface area contributed by atoms with Crippen LogP contribution in [-0.4, -0.2) is 72.8 Å². The molecule has 3 N–H and O–H groups in total. The van der Waals surface area contributed by atoms with E-state index >= 15 is 0 Å². The second-order valence-electron chi connectivity index (χ2n) is 4.40. The zero-order valence-corrected chi connectivity index (χ0v) is 11.4. The summed E-state index contributed by atoms with van der Waals surface area (Å²) in [7, 11) is 0. The minimum Gasteiger partial charge on any atom is -0.394 e. The summed E-state index contributed by atoms with van der Waals surface area (Å²) >= 11 is 0. The molecule has 6 nitrogen and oxygen atoms in total. The van der Waals surface area contributed by atoms with Gasteiger partial charge in [0.2, 0.25) is 0 Å². The van der Waals surface area contributed by atoms with Crippen molar-refractivity contribution in [2.24, 2.45) is 0 Å². The Labute approximate surface area is 108 Å². The van der Waals surface area contributed by atoms with Gasteiger partial charge in [0, 0.05) is 0 Å². The third-order valence-corrected chi connectivity index (χ3v) is 2.33. The van der Waals surface area contributed by atoms with E-state index in [1.54, 1.807) is 20.8 Å². The second kappa shape index (κ2) is 10.7. The maximum atomic E-state index is 8.94. The SMILES string of the molecule is CC(CO)OCC(COC(C)CO)OC(C)CO. The molecule has 0 aliphatic heterocycles. The number of ether oxygens (including phenoxy) is 3. The van der Waals surface area contributed by atoms with E-state index in [4.69, 9.17) is 29.5 Å². The third kappa shape index (κ3) is 8.79. The van der Waals surface area contributed by atoms with E-state index in [2.05, 4.69) is 0 Å². The molecule has 0 saturated carbocycles. The Kier molecular flexibility index (Phi) is 10.5. The van der Waals surface area contributed by atoms with Crippen LogP contribution in [0.3, 0.4) is 0 Å². The molecule has 0 aromatic carbocycles. The minimum absolute atomic E-state index is 0.0594. The van der Waals surface area contributed by atoms with E-state index in [0.717, 1.165) is 0 Å². The molecule has 0 saturated heterocycles. The summed E-state index contributed by atoms with van der Waals surface area (Å²) in [5.74, 6) is 0. The first kappa shape index (κ1) is 17.8. The summed E-state index contributed by atoms with van der Waals surface area (Å²) in [4.78, 5) is 0. The average Bonchev–Trinajstić information content (AvgIpc) is 2.40. The summed E-state index contributed by atoms with van der Waals surface area (Å²) < 4.78 is 16.3. The van der Waals surface area contributed by atoms with Gasteiger partial charge in [0.25, 0.3) is 0 Å². The van der Waals surface area contributed by atoms with Crippen molar-refractivity contribution in [1.29, 1.82) is 0 Å². The predicted molar refractivity (Wildman–Crippen MR) is 66.4 cm³/mol. The van der Waals surface area contributed by atoms with Crippen molar-refractivity contribution in [1.82, 2.24) is 0 Å². The van der Waals surface area contributed by atoms with Crippen LogP contribution in [0.4, 0.5) is 0 Å². The van der Waals surface area contributed by atoms with Crippen molar-refractivity contribution < 1.29 is 29.5 Å². The van der Waals surface area contributed by atoms with Crippen molar-refractivity contribution in [3.8, 4) is 0 Å². The van der Waals surface area contributed by atoms with E-state index in [1.165, 1.54) is 0 Å². The maximum Gasteiger partial charge on any atom is 0.105 e. The quantitative estimate of drug-likeness (QED) is 0.469. The first-order valence-electron chi connectivity index (χ1n) is 6.24. The van der Waals surface area contributed by atoms with Crippen molar-refractivity contribution >= 4 is 0 Å². The molecule has 0 aromatic heterocycles. The predicted octanol–water partition coefficient (Wildman–Crippen LogP) is -0.453. The van der Waals surface area contributed by atoms with Crippen LogP contribution in [-0.2, 0) is 14.2 Å². The molecule has 6 heteroatoms. The number of aliphatic hydroxyl groups is 3. The highest BCUT2D eigenvalue weighted by Gasteiger charge is 2.16. The molecule has 0 fully saturated rings. The van der Waals surface area contributed by atoms with Gasteiger partial charge in [-0.05, 0) is 20.8 Å². The normalized spacial score (nSPS) is 18.3. The fraction of sp³-hybridized carbons (Fsp3) is 1.00. The van der Waals surface area contributed by atoms with Crippen LogP contribution >= 0.6 is 0 Å². The van der Waals surface area contributed by atoms with Gasteiger partial charge in [-0.25, -0.2) is 0 Å². The fourth-order valence-corrected chi connectivity index (χ4v) is 1.15. The molecule has 3 unspecified atom stereocenters. The van der Waals surface area contributed by atoms with Gasteiger partial charge in [-0.2, -0.15) is 0 Å². The first-order chi connectivity index (χ1) is 8.53. The number of aliphatic hydroxyl groups excluding tert-OH is 3. The molecule has 0 radical (unpaired) electrons. The van der Waals surface area contributed by atoms with Gasteiger partial charge in [0.15, 0.2) is 0 Å². The summed E-state index contributed by atoms with van der Waals surface area (Å²) in [6.07, 6.45) is -1.18. The smallest absolute Gasteiger partial charge is 0.105 e. The van der Waals surface area contributed by atoms with Crippen LogP contribution < -0.4 is 0 Å². The highest BCUT2D eigenvalue weighted by Crippen LogP contribution is 2.04. The molecule has 110 valence electrons. The molecular weight excluding hydrogens is 240 g/mol. The Balaban J connectivity index is 4.07. The molecule has 0 heterocycles. The van der Waals surface area contributed by atoms with Crippen LogP contribution in [0.2, 0.25) is 0 Å². The summed E-state index contributed by atoms with van der Waals surface area (Å²) in [5, 5.41) is 26.7. The molecule has 0 spiro atoms. The number of rotatable bonds is 11. The minimum atomic E-state index is -0.338. The van der Waals surface area contributed by atoms with Gasteiger partial charge < -0.3 is 29.5 Å². The van der Waals surface area contributed by atoms with Crippen LogP contribution in [0, 0.1) is 0 Å². The lowest BCUT2D eigenvalue weighted by molar-refractivity contribution is -0.123. The van der Waals surface area contributed by atoms with Crippen LogP contribution in [0.5, 0.6) is 0 Å². The van der Waals surface area contributed by atoms with Crippen LogP contribution in [0.1, 0.15) is 20.8 Å². The molecule has 0 bridgehead atoms. The lowest BCUT2D eigenvalue weighted by atomic mass is 10.3. The lowest BCUT2D eigenvalue weighted by Crippen LogP contribution is -2.34. The van der Waals surface area contributed by atoms with E-state index in [-0.39, 0.29) is 57.5 Å². The van der Waals surface area contributed by atoms with Crippen molar-refractivity contribution in [2.45, 2.75) is 45.2 Å². The summed E-state index contributed by atoms with van der Waals surface area (Å²) in [5.41, 5.74) is 0. The summed E-state index contributed by atoms with van der Waals surface area (Å²) in [6, 6.07) is 0. The third-order valence-electron chi connectivity index (χ3n) is 2.33. The Morgan fingerprint density at radius 1 is 0.722 bits per heavy atom. The van der Waals surface area contributed by atoms with Gasteiger partial charge in [0.05, 0.1) is 51.3 Å². The Bertz CT molecular complexity index is 175. The molecule has 0 amide bonds. The number of hydrogen-bond acceptors (Lipinski definition) is 6. The van der Waals surface area contributed by atoms with Crippen LogP contribution in [0.15, 0.2) is 0 Å². The zero-order chi connectivity index (χ0) is 14.0. The molecule has 3 atom stereocenters. The van der Waals surface area contributed by atoms with E-state index in [0.29, 0.717) is 0 Å². The topological polar surface area (TPSA) is 88.4 Å². The Morgan fingerprint density at radius 3 is 1.44 bits per heavy atom. The highest BCUT2D eigenvalue weighted by molar-refractivity contribution is 4.62. The number of hydrogen-bond donors (Lipinski definition) is 3. The average molecular weight is 266 g/mol. The standard InChI is InChI=1S/C12H26O6/c1-9(4-13)16-7-12(18-11(3)6-15)8-17-10(2)5-14/h9-15H,4-8H2,1-3H3. The van der Waals surface area contributed by atoms with E-state index < -0.39 is 0 Å². The molecule has 0 rings (SSSR count). The van der Waals surface area contributed by atoms with Gasteiger partial charge in [-0.3, -0.25) is 0 Å². The van der Waals surface area contributed by atoms with Gasteiger partial charge in [-0.15, -0.1) is 0 Å². The second-order valence-corrected chi connectivity index (χ2v) is 4.40. The molecular formula is C12H26O6. The maximum absolute atomic E-state index is 8.94. The largest absolute Gasteiger partial charge is 0.394 e. The first-order valence-corrected chi connectivity index (χ1v) is 6.24. The van der Waals surface area contributed by atoms with E-state index in [1.807, 2.05) is 0 Å². The zero-order valence-electron chi connectivity index (χ0n) is 11.4.